The van der Waals surface area contributed by atoms with Crippen LogP contribution in [0.1, 0.15) is 6.92 Å². The second kappa shape index (κ2) is 5.51. The summed E-state index contributed by atoms with van der Waals surface area (Å²) in [5.74, 6) is 3.82. The van der Waals surface area contributed by atoms with Crippen LogP contribution in [0.25, 0.3) is 5.65 Å². The number of pyridine rings is 1. The molecule has 1 aliphatic carbocycles. The first kappa shape index (κ1) is 15.3. The highest BCUT2D eigenvalue weighted by molar-refractivity contribution is 7.99. The number of fused-ring (bicyclic) bond motifs is 2. The van der Waals surface area contributed by atoms with Crippen molar-refractivity contribution < 1.29 is 0 Å². The van der Waals surface area contributed by atoms with Gasteiger partial charge in [-0.25, -0.2) is 15.0 Å². The van der Waals surface area contributed by atoms with Crippen LogP contribution in [0.4, 0.5) is 11.8 Å². The molecule has 3 atom stereocenters. The third-order valence-corrected chi connectivity index (χ3v) is 6.96. The summed E-state index contributed by atoms with van der Waals surface area (Å²) in [6.45, 7) is 4.52. The smallest absolute Gasteiger partial charge is 0.211 e. The zero-order chi connectivity index (χ0) is 17.1. The lowest BCUT2D eigenvalue weighted by molar-refractivity contribution is 0.673. The van der Waals surface area contributed by atoms with Crippen molar-refractivity contribution in [3.05, 3.63) is 35.9 Å². The van der Waals surface area contributed by atoms with Gasteiger partial charge in [0.2, 0.25) is 5.95 Å². The van der Waals surface area contributed by atoms with Gasteiger partial charge in [-0.05, 0) is 23.8 Å². The number of nitrogen functional groups attached to an aromatic ring is 1. The van der Waals surface area contributed by atoms with E-state index in [1.54, 1.807) is 6.20 Å². The molecule has 6 nitrogen and oxygen atoms in total. The van der Waals surface area contributed by atoms with E-state index in [-0.39, 0.29) is 0 Å². The summed E-state index contributed by atoms with van der Waals surface area (Å²) in [5.41, 5.74) is 6.69. The van der Waals surface area contributed by atoms with E-state index in [0.29, 0.717) is 10.8 Å². The monoisotopic (exact) mass is 372 g/mol. The first-order valence-corrected chi connectivity index (χ1v) is 9.48. The molecule has 1 saturated heterocycles. The zero-order valence-corrected chi connectivity index (χ0v) is 15.2. The molecule has 2 aliphatic rings. The van der Waals surface area contributed by atoms with Crippen LogP contribution < -0.4 is 10.6 Å². The average molecular weight is 373 g/mol. The van der Waals surface area contributed by atoms with Crippen LogP contribution in [0.3, 0.4) is 0 Å². The van der Waals surface area contributed by atoms with Gasteiger partial charge in [-0.2, -0.15) is 0 Å². The van der Waals surface area contributed by atoms with Crippen LogP contribution in [0.2, 0.25) is 5.02 Å². The van der Waals surface area contributed by atoms with Crippen LogP contribution in [0, 0.1) is 17.8 Å². The lowest BCUT2D eigenvalue weighted by Crippen LogP contribution is -2.26. The minimum absolute atomic E-state index is 0.334. The van der Waals surface area contributed by atoms with E-state index in [9.17, 15) is 0 Å². The predicted molar refractivity (Wildman–Crippen MR) is 99.1 cm³/mol. The fraction of sp³-hybridized carbons (Fsp3) is 0.353. The quantitative estimate of drug-likeness (QED) is 0.761. The van der Waals surface area contributed by atoms with Crippen molar-refractivity contribution in [2.75, 3.05) is 23.7 Å². The molecule has 25 heavy (non-hydrogen) atoms. The molecule has 3 aromatic heterocycles. The van der Waals surface area contributed by atoms with E-state index < -0.39 is 0 Å². The largest absolute Gasteiger partial charge is 0.382 e. The molecule has 4 heterocycles. The highest BCUT2D eigenvalue weighted by Crippen LogP contribution is 2.52. The maximum absolute atomic E-state index is 6.27. The van der Waals surface area contributed by atoms with E-state index in [1.165, 1.54) is 11.8 Å². The molecule has 0 aromatic carbocycles. The molecule has 1 aliphatic heterocycles. The van der Waals surface area contributed by atoms with Gasteiger partial charge in [0.05, 0.1) is 9.92 Å². The summed E-state index contributed by atoms with van der Waals surface area (Å²) in [7, 11) is 0. The highest BCUT2D eigenvalue weighted by atomic mass is 35.5. The Morgan fingerprint density at radius 2 is 1.96 bits per heavy atom. The topological polar surface area (TPSA) is 72.3 Å². The van der Waals surface area contributed by atoms with Crippen molar-refractivity contribution in [1.29, 1.82) is 0 Å². The number of nitrogens with zero attached hydrogens (tertiary/aromatic N) is 5. The molecule has 0 spiro atoms. The number of anilines is 2. The summed E-state index contributed by atoms with van der Waals surface area (Å²) >= 11 is 7.78. The van der Waals surface area contributed by atoms with E-state index >= 15 is 0 Å². The second-order valence-electron chi connectivity index (χ2n) is 6.75. The van der Waals surface area contributed by atoms with Crippen LogP contribution in [-0.2, 0) is 0 Å². The summed E-state index contributed by atoms with van der Waals surface area (Å²) in [6.07, 6.45) is 7.32. The van der Waals surface area contributed by atoms with Crippen molar-refractivity contribution in [3.8, 4) is 0 Å². The van der Waals surface area contributed by atoms with Crippen LogP contribution in [0.15, 0.2) is 40.6 Å². The van der Waals surface area contributed by atoms with E-state index in [4.69, 9.17) is 22.3 Å². The fourth-order valence-corrected chi connectivity index (χ4v) is 4.95. The van der Waals surface area contributed by atoms with Crippen molar-refractivity contribution >= 4 is 40.8 Å². The molecule has 1 saturated carbocycles. The third kappa shape index (κ3) is 2.37. The maximum Gasteiger partial charge on any atom is 0.211 e. The number of halogens is 1. The van der Waals surface area contributed by atoms with E-state index in [0.717, 1.165) is 52.2 Å². The van der Waals surface area contributed by atoms with E-state index in [1.807, 2.05) is 24.7 Å². The lowest BCUT2D eigenvalue weighted by Gasteiger charge is -2.21. The minimum atomic E-state index is 0.334. The Labute approximate surface area is 154 Å². The lowest BCUT2D eigenvalue weighted by atomic mass is 10.3. The van der Waals surface area contributed by atoms with Gasteiger partial charge in [-0.1, -0.05) is 30.3 Å². The Morgan fingerprint density at radius 1 is 1.16 bits per heavy atom. The van der Waals surface area contributed by atoms with Crippen molar-refractivity contribution in [2.24, 2.45) is 17.8 Å². The SMILES string of the molecule is CC1[C@H]2CN(c3ncc(Sc4ccnc(N)c4Cl)c4nccn34)C[C@@H]12. The Balaban J connectivity index is 1.50. The molecule has 2 fully saturated rings. The zero-order valence-electron chi connectivity index (χ0n) is 13.6. The van der Waals surface area contributed by atoms with Crippen molar-refractivity contribution in [3.63, 3.8) is 0 Å². The van der Waals surface area contributed by atoms with Gasteiger partial charge in [0, 0.05) is 42.8 Å². The van der Waals surface area contributed by atoms with E-state index in [2.05, 4.69) is 26.2 Å². The molecule has 128 valence electrons. The van der Waals surface area contributed by atoms with Crippen molar-refractivity contribution in [1.82, 2.24) is 19.4 Å². The number of piperidine rings is 1. The van der Waals surface area contributed by atoms with Gasteiger partial charge in [-0.3, -0.25) is 4.40 Å². The number of imidazole rings is 1. The molecule has 3 aromatic rings. The molecule has 0 radical (unpaired) electrons. The molecule has 8 heteroatoms. The molecular weight excluding hydrogens is 356 g/mol. The van der Waals surface area contributed by atoms with Gasteiger partial charge in [0.25, 0.3) is 0 Å². The summed E-state index contributed by atoms with van der Waals surface area (Å²) < 4.78 is 2.07. The van der Waals surface area contributed by atoms with Crippen LogP contribution >= 0.6 is 23.4 Å². The number of hydrogen-bond donors (Lipinski definition) is 1. The molecule has 2 N–H and O–H groups in total. The fourth-order valence-electron chi connectivity index (χ4n) is 3.81. The van der Waals surface area contributed by atoms with Gasteiger partial charge in [0.1, 0.15) is 5.82 Å². The molecule has 5 rings (SSSR count). The molecule has 0 amide bonds. The Kier molecular flexibility index (Phi) is 3.36. The second-order valence-corrected chi connectivity index (χ2v) is 8.21. The minimum Gasteiger partial charge on any atom is -0.382 e. The Morgan fingerprint density at radius 3 is 2.76 bits per heavy atom. The van der Waals surface area contributed by atoms with Gasteiger partial charge < -0.3 is 10.6 Å². The summed E-state index contributed by atoms with van der Waals surface area (Å²) in [6, 6.07) is 1.85. The maximum atomic E-state index is 6.27. The molecule has 1 unspecified atom stereocenters. The standard InChI is InChI=1S/C17H17ClN6S/c1-9-10-7-23(8-11(9)10)17-22-6-13(16-21-4-5-24(16)17)25-12-2-3-20-15(19)14(12)18/h2-6,9-11H,7-8H2,1H3,(H2,19,20)/t9?,10-,11+. The first-order valence-electron chi connectivity index (χ1n) is 8.28. The highest BCUT2D eigenvalue weighted by Gasteiger charge is 2.53. The molecule has 0 bridgehead atoms. The van der Waals surface area contributed by atoms with Crippen molar-refractivity contribution in [2.45, 2.75) is 16.7 Å². The third-order valence-electron chi connectivity index (χ3n) is 5.38. The van der Waals surface area contributed by atoms with Gasteiger partial charge >= 0.3 is 0 Å². The number of rotatable bonds is 3. The Hall–Kier alpha value is -1.99. The first-order chi connectivity index (χ1) is 12.1. The average Bonchev–Trinajstić information content (AvgIpc) is 3.06. The normalized spacial score (nSPS) is 24.7. The van der Waals surface area contributed by atoms with Gasteiger partial charge in [0.15, 0.2) is 5.65 Å². The Bertz CT molecular complexity index is 961. The van der Waals surface area contributed by atoms with Crippen LogP contribution in [-0.4, -0.2) is 32.4 Å². The number of hydrogen-bond acceptors (Lipinski definition) is 6. The van der Waals surface area contributed by atoms with Gasteiger partial charge in [-0.15, -0.1) is 0 Å². The predicted octanol–water partition coefficient (Wildman–Crippen LogP) is 3.21. The van der Waals surface area contributed by atoms with Crippen LogP contribution in [0.5, 0.6) is 0 Å². The molecular formula is C17H17ClN6S. The summed E-state index contributed by atoms with van der Waals surface area (Å²) in [4.78, 5) is 17.4. The number of nitrogens with two attached hydrogens (primary N) is 1. The summed E-state index contributed by atoms with van der Waals surface area (Å²) in [5, 5.41) is 0.468. The number of aromatic nitrogens is 4.